The van der Waals surface area contributed by atoms with Crippen molar-refractivity contribution >= 4 is 35.4 Å². The second-order valence-corrected chi connectivity index (χ2v) is 14.8. The van der Waals surface area contributed by atoms with E-state index in [1.54, 1.807) is 30.3 Å². The number of carbonyl (C=O) groups is 4. The third kappa shape index (κ3) is 8.77. The van der Waals surface area contributed by atoms with Crippen molar-refractivity contribution in [3.63, 3.8) is 0 Å². The molecule has 2 atom stereocenters. The number of aromatic hydroxyl groups is 1. The molecule has 2 aromatic rings. The van der Waals surface area contributed by atoms with Gasteiger partial charge in [0.15, 0.2) is 6.29 Å². The van der Waals surface area contributed by atoms with Gasteiger partial charge in [-0.15, -0.1) is 0 Å². The van der Waals surface area contributed by atoms with E-state index < -0.39 is 17.9 Å². The molecule has 284 valence electrons. The summed E-state index contributed by atoms with van der Waals surface area (Å²) in [6.45, 7) is 8.33. The lowest BCUT2D eigenvalue weighted by Gasteiger charge is -2.46. The maximum Gasteiger partial charge on any atom is 0.255 e. The number of hydrogen-bond donors (Lipinski definition) is 5. The van der Waals surface area contributed by atoms with Crippen molar-refractivity contribution in [2.45, 2.75) is 44.2 Å². The molecule has 0 bridgehead atoms. The van der Waals surface area contributed by atoms with Gasteiger partial charge in [0.2, 0.25) is 11.8 Å². The van der Waals surface area contributed by atoms with E-state index in [4.69, 9.17) is 11.5 Å². The Morgan fingerprint density at radius 2 is 1.81 bits per heavy atom. The highest BCUT2D eigenvalue weighted by Gasteiger charge is 2.34. The molecule has 4 aliphatic rings. The zero-order valence-corrected chi connectivity index (χ0v) is 30.8. The summed E-state index contributed by atoms with van der Waals surface area (Å²) in [5, 5.41) is 15.9. The number of piperidine rings is 2. The Morgan fingerprint density at radius 3 is 2.55 bits per heavy atom. The zero-order chi connectivity index (χ0) is 37.6. The van der Waals surface area contributed by atoms with Gasteiger partial charge in [0.1, 0.15) is 17.6 Å². The van der Waals surface area contributed by atoms with Gasteiger partial charge < -0.3 is 41.5 Å². The van der Waals surface area contributed by atoms with Gasteiger partial charge in [0, 0.05) is 81.8 Å². The molecule has 3 amide bonds. The van der Waals surface area contributed by atoms with Crippen molar-refractivity contribution in [2.75, 3.05) is 77.9 Å². The summed E-state index contributed by atoms with van der Waals surface area (Å²) in [5.41, 5.74) is 16.2. The molecule has 0 aromatic heterocycles. The average Bonchev–Trinajstić information content (AvgIpc) is 3.15. The van der Waals surface area contributed by atoms with Gasteiger partial charge >= 0.3 is 0 Å². The number of rotatable bonds is 12. The number of likely N-dealkylation sites (N-methyl/N-ethyl adjacent to an activating group) is 1. The lowest BCUT2D eigenvalue weighted by Crippen LogP contribution is -2.59. The maximum absolute atomic E-state index is 13.3. The molecule has 7 N–H and O–H groups in total. The van der Waals surface area contributed by atoms with Gasteiger partial charge in [0.05, 0.1) is 17.3 Å². The number of benzene rings is 2. The third-order valence-corrected chi connectivity index (χ3v) is 11.1. The molecule has 0 saturated carbocycles. The number of amides is 3. The molecule has 6 rings (SSSR count). The zero-order valence-electron chi connectivity index (χ0n) is 30.8. The van der Waals surface area contributed by atoms with Crippen LogP contribution in [0.5, 0.6) is 5.75 Å². The SMILES string of the molecule is CN(CCCN1CCN2C(/C=C(\N)c3ccccc3O)=C(N)NCC2C1)CC1CCN(c2ccc(C(=O)N(C)C3CCC(=O)NC3=O)c(C=O)c2)CC1. The van der Waals surface area contributed by atoms with Crippen LogP contribution in [0.3, 0.4) is 0 Å². The van der Waals surface area contributed by atoms with Crippen LogP contribution >= 0.6 is 0 Å². The average molecular weight is 728 g/mol. The van der Waals surface area contributed by atoms with Crippen molar-refractivity contribution in [1.29, 1.82) is 0 Å². The van der Waals surface area contributed by atoms with Crippen LogP contribution in [-0.4, -0.2) is 134 Å². The first-order chi connectivity index (χ1) is 25.5. The maximum atomic E-state index is 13.3. The van der Waals surface area contributed by atoms with Crippen molar-refractivity contribution < 1.29 is 24.3 Å². The minimum Gasteiger partial charge on any atom is -0.507 e. The number of para-hydroxylation sites is 1. The fourth-order valence-corrected chi connectivity index (χ4v) is 8.08. The predicted molar refractivity (Wildman–Crippen MR) is 204 cm³/mol. The highest BCUT2D eigenvalue weighted by Crippen LogP contribution is 2.28. The van der Waals surface area contributed by atoms with E-state index in [1.807, 2.05) is 18.2 Å². The number of phenolic OH excluding ortho intramolecular Hbond substituents is 1. The minimum atomic E-state index is -0.750. The van der Waals surface area contributed by atoms with Crippen molar-refractivity contribution in [3.05, 3.63) is 76.7 Å². The fraction of sp³-hybridized carbons (Fsp3) is 0.487. The van der Waals surface area contributed by atoms with E-state index in [-0.39, 0.29) is 36.1 Å². The highest BCUT2D eigenvalue weighted by atomic mass is 16.3. The second-order valence-electron chi connectivity index (χ2n) is 14.8. The van der Waals surface area contributed by atoms with E-state index in [2.05, 4.69) is 37.3 Å². The molecule has 0 aliphatic carbocycles. The van der Waals surface area contributed by atoms with Crippen LogP contribution in [0.4, 0.5) is 5.69 Å². The van der Waals surface area contributed by atoms with E-state index in [0.29, 0.717) is 34.8 Å². The Kier molecular flexibility index (Phi) is 11.9. The number of piperazine rings is 1. The summed E-state index contributed by atoms with van der Waals surface area (Å²) in [6.07, 6.45) is 6.16. The number of aldehydes is 1. The summed E-state index contributed by atoms with van der Waals surface area (Å²) in [4.78, 5) is 60.1. The Balaban J connectivity index is 0.932. The number of fused-ring (bicyclic) bond motifs is 1. The molecule has 4 heterocycles. The first kappa shape index (κ1) is 37.7. The second kappa shape index (κ2) is 16.7. The summed E-state index contributed by atoms with van der Waals surface area (Å²) in [6, 6.07) is 11.9. The van der Waals surface area contributed by atoms with Crippen LogP contribution < -0.4 is 27.0 Å². The predicted octanol–water partition coefficient (Wildman–Crippen LogP) is 1.34. The Morgan fingerprint density at radius 1 is 1.04 bits per heavy atom. The molecule has 3 fully saturated rings. The van der Waals surface area contributed by atoms with Gasteiger partial charge in [-0.3, -0.25) is 29.4 Å². The summed E-state index contributed by atoms with van der Waals surface area (Å²) in [7, 11) is 3.73. The highest BCUT2D eigenvalue weighted by molar-refractivity contribution is 6.06. The molecule has 4 aliphatic heterocycles. The smallest absolute Gasteiger partial charge is 0.255 e. The van der Waals surface area contributed by atoms with Gasteiger partial charge in [-0.25, -0.2) is 0 Å². The fourth-order valence-electron chi connectivity index (χ4n) is 8.08. The lowest BCUT2D eigenvalue weighted by atomic mass is 9.95. The topological polar surface area (TPSA) is 181 Å². The van der Waals surface area contributed by atoms with Crippen LogP contribution in [0.1, 0.15) is 58.4 Å². The number of phenols is 1. The van der Waals surface area contributed by atoms with Crippen molar-refractivity contribution in [2.24, 2.45) is 17.4 Å². The molecule has 0 radical (unpaired) electrons. The number of hydrogen-bond acceptors (Lipinski definition) is 12. The van der Waals surface area contributed by atoms with Crippen molar-refractivity contribution in [3.8, 4) is 5.75 Å². The number of allylic oxidation sites excluding steroid dienone is 1. The van der Waals surface area contributed by atoms with Crippen LogP contribution in [0.15, 0.2) is 60.1 Å². The standard InChI is InChI=1S/C39H53N9O5/c1-44(14-5-15-46-18-19-48-29(24-46)22-42-37(41)34(48)21-32(40)31-6-3-4-7-35(31)50)23-26-12-16-47(17-13-26)28-8-9-30(27(20-28)25-49)39(53)45(2)33-10-11-36(51)43-38(33)52/h3-4,6-9,20-21,25-26,29,33,42,50H,5,10-19,22-24,40-41H2,1-2H3,(H,43,51,52)/b32-21-. The Hall–Kier alpha value is -5.08. The molecule has 2 aromatic carbocycles. The molecule has 2 unspecified atom stereocenters. The van der Waals surface area contributed by atoms with E-state index >= 15 is 0 Å². The van der Waals surface area contributed by atoms with Gasteiger partial charge in [0.25, 0.3) is 5.91 Å². The molecule has 53 heavy (non-hydrogen) atoms. The largest absolute Gasteiger partial charge is 0.507 e. The monoisotopic (exact) mass is 727 g/mol. The van der Waals surface area contributed by atoms with Gasteiger partial charge in [-0.1, -0.05) is 12.1 Å². The number of carbonyl (C=O) groups excluding carboxylic acids is 4. The normalized spacial score (nSPS) is 21.7. The first-order valence-corrected chi connectivity index (χ1v) is 18.6. The van der Waals surface area contributed by atoms with E-state index in [9.17, 15) is 24.3 Å². The van der Waals surface area contributed by atoms with Gasteiger partial charge in [-0.2, -0.15) is 0 Å². The number of nitrogens with zero attached hydrogens (tertiary/aromatic N) is 5. The molecule has 3 saturated heterocycles. The minimum absolute atomic E-state index is 0.145. The van der Waals surface area contributed by atoms with Crippen molar-refractivity contribution in [1.82, 2.24) is 30.2 Å². The number of imide groups is 1. The Bertz CT molecular complexity index is 1750. The summed E-state index contributed by atoms with van der Waals surface area (Å²) >= 11 is 0. The molecular formula is C39H53N9O5. The third-order valence-electron chi connectivity index (χ3n) is 11.1. The molecule has 14 heteroatoms. The number of nitrogens with two attached hydrogens (primary N) is 2. The molecule has 0 spiro atoms. The summed E-state index contributed by atoms with van der Waals surface area (Å²) in [5.74, 6) is 0.0775. The summed E-state index contributed by atoms with van der Waals surface area (Å²) < 4.78 is 0. The Labute approximate surface area is 311 Å². The number of nitrogens with one attached hydrogen (secondary N) is 2. The van der Waals surface area contributed by atoms with E-state index in [0.717, 1.165) is 89.5 Å². The van der Waals surface area contributed by atoms with E-state index in [1.165, 1.54) is 11.9 Å². The first-order valence-electron chi connectivity index (χ1n) is 18.6. The van der Waals surface area contributed by atoms with Crippen LogP contribution in [-0.2, 0) is 9.59 Å². The lowest BCUT2D eigenvalue weighted by molar-refractivity contribution is -0.136. The van der Waals surface area contributed by atoms with Crippen LogP contribution in [0, 0.1) is 5.92 Å². The van der Waals surface area contributed by atoms with Gasteiger partial charge in [-0.05, 0) is 88.1 Å². The molecule has 14 nitrogen and oxygen atoms in total. The quantitative estimate of drug-likeness (QED) is 0.157. The number of anilines is 1. The van der Waals surface area contributed by atoms with Crippen LogP contribution in [0.25, 0.3) is 5.70 Å². The molecular weight excluding hydrogens is 674 g/mol. The van der Waals surface area contributed by atoms with Crippen LogP contribution in [0.2, 0.25) is 0 Å².